The van der Waals surface area contributed by atoms with Crippen LogP contribution in [0.3, 0.4) is 0 Å². The Balaban J connectivity index is 0.00000193. The molecule has 0 spiro atoms. The van der Waals surface area contributed by atoms with Crippen LogP contribution in [-0.2, 0) is 9.59 Å². The van der Waals surface area contributed by atoms with E-state index in [2.05, 4.69) is 4.98 Å². The van der Waals surface area contributed by atoms with Crippen LogP contribution in [-0.4, -0.2) is 23.5 Å². The molecule has 0 N–H and O–H groups in total. The van der Waals surface area contributed by atoms with Crippen molar-refractivity contribution in [3.8, 4) is 17.2 Å². The van der Waals surface area contributed by atoms with E-state index in [-0.39, 0.29) is 78.6 Å². The maximum atomic E-state index is 10.9. The first-order chi connectivity index (χ1) is 14.9. The van der Waals surface area contributed by atoms with E-state index in [4.69, 9.17) is 20.8 Å². The second-order valence-electron chi connectivity index (χ2n) is 7.01. The maximum Gasteiger partial charge on any atom is 1.00 e. The van der Waals surface area contributed by atoms with Crippen molar-refractivity contribution < 1.29 is 88.1 Å². The van der Waals surface area contributed by atoms with E-state index in [1.54, 1.807) is 18.2 Å². The van der Waals surface area contributed by atoms with E-state index in [1.807, 2.05) is 36.4 Å². The monoisotopic (exact) mass is 483 g/mol. The average molecular weight is 484 g/mol. The summed E-state index contributed by atoms with van der Waals surface area (Å²) < 4.78 is 11.8. The number of hydrogen-bond donors (Lipinski definition) is 0. The second kappa shape index (κ2) is 12.2. The van der Waals surface area contributed by atoms with Crippen molar-refractivity contribution in [2.24, 2.45) is 5.92 Å². The van der Waals surface area contributed by atoms with Crippen molar-refractivity contribution in [2.75, 3.05) is 6.61 Å². The molecule has 3 aromatic carbocycles. The minimum absolute atomic E-state index is 0. The summed E-state index contributed by atoms with van der Waals surface area (Å²) in [4.78, 5) is 26.3. The summed E-state index contributed by atoms with van der Waals surface area (Å²) in [6.45, 7) is 0.0917. The van der Waals surface area contributed by atoms with Gasteiger partial charge in [-0.1, -0.05) is 35.9 Å². The Morgan fingerprint density at radius 2 is 1.67 bits per heavy atom. The SMILES string of the molecule is O=C([O-])C(CCCOc1cc2ccccc2cc1-c1nc2cc(Cl)ccc2o1)C(=O)[O-].[Na+].[Na+]. The predicted molar refractivity (Wildman–Crippen MR) is 110 cm³/mol. The molecule has 7 nitrogen and oxygen atoms in total. The number of halogens is 1. The standard InChI is InChI=1S/C23H18ClNO6.2Na/c24-15-7-8-19-18(12-15)25-21(31-19)17-10-13-4-1-2-5-14(13)11-20(17)30-9-3-6-16(22(26)27)23(28)29;;/h1-2,4-5,7-8,10-12,16H,3,6,9H2,(H,26,27)(H,28,29);;/q;2*+1/p-2. The number of carboxylic acids is 2. The molecule has 0 radical (unpaired) electrons. The maximum absolute atomic E-state index is 10.9. The van der Waals surface area contributed by atoms with Crippen LogP contribution in [0.5, 0.6) is 5.75 Å². The molecule has 1 heterocycles. The van der Waals surface area contributed by atoms with Crippen LogP contribution < -0.4 is 74.1 Å². The summed E-state index contributed by atoms with van der Waals surface area (Å²) in [7, 11) is 0. The largest absolute Gasteiger partial charge is 1.00 e. The fraction of sp³-hybridized carbons (Fsp3) is 0.174. The third-order valence-corrected chi connectivity index (χ3v) is 5.13. The molecule has 1 aromatic heterocycles. The molecule has 10 heteroatoms. The molecule has 33 heavy (non-hydrogen) atoms. The smallest absolute Gasteiger partial charge is 0.549 e. The summed E-state index contributed by atoms with van der Waals surface area (Å²) >= 11 is 6.04. The van der Waals surface area contributed by atoms with Gasteiger partial charge in [0.1, 0.15) is 11.3 Å². The number of aliphatic carboxylic acids is 2. The normalized spacial score (nSPS) is 10.6. The number of carboxylic acid groups (broad SMARTS) is 2. The van der Waals surface area contributed by atoms with Crippen LogP contribution in [0.25, 0.3) is 33.3 Å². The van der Waals surface area contributed by atoms with Crippen LogP contribution in [0.2, 0.25) is 5.02 Å². The number of rotatable bonds is 8. The van der Waals surface area contributed by atoms with Gasteiger partial charge in [0.05, 0.1) is 24.1 Å². The molecule has 0 aliphatic carbocycles. The molecule has 0 aliphatic heterocycles. The molecule has 4 rings (SSSR count). The summed E-state index contributed by atoms with van der Waals surface area (Å²) in [5.41, 5.74) is 1.79. The molecule has 0 saturated carbocycles. The van der Waals surface area contributed by atoms with E-state index in [0.29, 0.717) is 33.3 Å². The van der Waals surface area contributed by atoms with Crippen molar-refractivity contribution in [2.45, 2.75) is 12.8 Å². The molecular formula is C23H16ClNNa2O6. The average Bonchev–Trinajstić information content (AvgIpc) is 3.15. The van der Waals surface area contributed by atoms with Gasteiger partial charge in [0.25, 0.3) is 0 Å². The number of carbonyl (C=O) groups is 2. The van der Waals surface area contributed by atoms with E-state index >= 15 is 0 Å². The van der Waals surface area contributed by atoms with Gasteiger partial charge in [-0.2, -0.15) is 0 Å². The van der Waals surface area contributed by atoms with E-state index in [9.17, 15) is 19.8 Å². The number of nitrogens with zero attached hydrogens (tertiary/aromatic N) is 1. The van der Waals surface area contributed by atoms with Gasteiger partial charge in [-0.05, 0) is 53.9 Å². The Labute approximate surface area is 238 Å². The molecule has 0 saturated heterocycles. The summed E-state index contributed by atoms with van der Waals surface area (Å²) in [5.74, 6) is -4.19. The number of hydrogen-bond acceptors (Lipinski definition) is 7. The minimum Gasteiger partial charge on any atom is -0.549 e. The van der Waals surface area contributed by atoms with E-state index in [0.717, 1.165) is 10.8 Å². The summed E-state index contributed by atoms with van der Waals surface area (Å²) in [6.07, 6.45) is 0.0248. The van der Waals surface area contributed by atoms with Gasteiger partial charge < -0.3 is 29.0 Å². The Hall–Kier alpha value is -1.58. The topological polar surface area (TPSA) is 116 Å². The van der Waals surface area contributed by atoms with Crippen LogP contribution in [0.15, 0.2) is 59.0 Å². The van der Waals surface area contributed by atoms with Crippen molar-refractivity contribution in [1.29, 1.82) is 0 Å². The number of aromatic nitrogens is 1. The van der Waals surface area contributed by atoms with Crippen molar-refractivity contribution >= 4 is 45.4 Å². The van der Waals surface area contributed by atoms with Crippen LogP contribution in [0.1, 0.15) is 12.8 Å². The summed E-state index contributed by atoms with van der Waals surface area (Å²) in [6, 6.07) is 16.6. The van der Waals surface area contributed by atoms with Crippen molar-refractivity contribution in [3.63, 3.8) is 0 Å². The van der Waals surface area contributed by atoms with Crippen LogP contribution in [0, 0.1) is 5.92 Å². The first-order valence-corrected chi connectivity index (χ1v) is 9.94. The fourth-order valence-corrected chi connectivity index (χ4v) is 3.49. The van der Waals surface area contributed by atoms with Gasteiger partial charge in [-0.25, -0.2) is 4.98 Å². The predicted octanol–water partition coefficient (Wildman–Crippen LogP) is -3.42. The van der Waals surface area contributed by atoms with Crippen molar-refractivity contribution in [1.82, 2.24) is 4.98 Å². The van der Waals surface area contributed by atoms with Gasteiger partial charge in [0.2, 0.25) is 5.89 Å². The fourth-order valence-electron chi connectivity index (χ4n) is 3.32. The van der Waals surface area contributed by atoms with Gasteiger partial charge in [0, 0.05) is 10.9 Å². The zero-order valence-electron chi connectivity index (χ0n) is 18.2. The molecule has 0 aliphatic rings. The van der Waals surface area contributed by atoms with Crippen molar-refractivity contribution in [3.05, 3.63) is 59.6 Å². The Morgan fingerprint density at radius 1 is 1.00 bits per heavy atom. The first-order valence-electron chi connectivity index (χ1n) is 9.56. The Morgan fingerprint density at radius 3 is 2.33 bits per heavy atom. The molecule has 0 amide bonds. The van der Waals surface area contributed by atoms with Crippen LogP contribution in [0.4, 0.5) is 0 Å². The number of benzene rings is 3. The van der Waals surface area contributed by atoms with Gasteiger partial charge in [0.15, 0.2) is 5.58 Å². The van der Waals surface area contributed by atoms with Gasteiger partial charge in [-0.3, -0.25) is 0 Å². The number of fused-ring (bicyclic) bond motifs is 2. The van der Waals surface area contributed by atoms with Gasteiger partial charge >= 0.3 is 59.1 Å². The molecule has 4 aromatic rings. The molecule has 0 atom stereocenters. The number of oxazole rings is 1. The van der Waals surface area contributed by atoms with Crippen LogP contribution >= 0.6 is 11.6 Å². The number of carbonyl (C=O) groups excluding carboxylic acids is 2. The third kappa shape index (κ3) is 6.51. The zero-order chi connectivity index (χ0) is 22.0. The second-order valence-corrected chi connectivity index (χ2v) is 7.44. The summed E-state index contributed by atoms with van der Waals surface area (Å²) in [5, 5.41) is 24.2. The van der Waals surface area contributed by atoms with Gasteiger partial charge in [-0.15, -0.1) is 0 Å². The Bertz CT molecular complexity index is 1280. The molecular weight excluding hydrogens is 468 g/mol. The minimum atomic E-state index is -1.68. The number of ether oxygens (including phenoxy) is 1. The third-order valence-electron chi connectivity index (χ3n) is 4.89. The molecule has 0 unspecified atom stereocenters. The Kier molecular flexibility index (Phi) is 10.2. The first kappa shape index (κ1) is 27.7. The van der Waals surface area contributed by atoms with E-state index < -0.39 is 17.9 Å². The zero-order valence-corrected chi connectivity index (χ0v) is 22.9. The molecule has 0 bridgehead atoms. The van der Waals surface area contributed by atoms with E-state index in [1.165, 1.54) is 0 Å². The molecule has 158 valence electrons. The quantitative estimate of drug-likeness (QED) is 0.146. The molecule has 0 fully saturated rings.